The monoisotopic (exact) mass is 272 g/mol. The quantitative estimate of drug-likeness (QED) is 0.709. The third-order valence-electron chi connectivity index (χ3n) is 2.06. The van der Waals surface area contributed by atoms with Gasteiger partial charge in [0, 0.05) is 0 Å². The van der Waals surface area contributed by atoms with E-state index in [1.807, 2.05) is 0 Å². The fraction of sp³-hybridized carbons (Fsp3) is 0.273. The molecule has 0 saturated carbocycles. The first-order chi connectivity index (χ1) is 8.08. The van der Waals surface area contributed by atoms with E-state index in [9.17, 15) is 30.7 Å². The molecule has 0 aliphatic carbocycles. The van der Waals surface area contributed by atoms with E-state index in [0.29, 0.717) is 6.08 Å². The molecule has 0 atom stereocenters. The first-order valence-corrected chi connectivity index (χ1v) is 4.64. The van der Waals surface area contributed by atoms with Crippen LogP contribution in [0.4, 0.5) is 30.7 Å². The maximum Gasteiger partial charge on any atom is 0.460 e. The number of rotatable bonds is 3. The lowest BCUT2D eigenvalue weighted by atomic mass is 10.1. The average Bonchev–Trinajstić information content (AvgIpc) is 2.26. The second-order valence-electron chi connectivity index (χ2n) is 3.44. The molecule has 0 heterocycles. The predicted molar refractivity (Wildman–Crippen MR) is 51.4 cm³/mol. The van der Waals surface area contributed by atoms with E-state index in [-0.39, 0.29) is 5.56 Å². The molecule has 0 unspecified atom stereocenters. The molecule has 100 valence electrons. The van der Waals surface area contributed by atoms with Crippen LogP contribution in [0.2, 0.25) is 0 Å². The number of alkyl halides is 7. The van der Waals surface area contributed by atoms with Crippen molar-refractivity contribution in [2.24, 2.45) is 0 Å². The summed E-state index contributed by atoms with van der Waals surface area (Å²) in [6, 6.07) is 6.98. The average molecular weight is 272 g/mol. The summed E-state index contributed by atoms with van der Waals surface area (Å²) in [5.41, 5.74) is 0.0927. The van der Waals surface area contributed by atoms with Gasteiger partial charge in [0.25, 0.3) is 0 Å². The summed E-state index contributed by atoms with van der Waals surface area (Å²) in [4.78, 5) is 0. The molecule has 0 spiro atoms. The van der Waals surface area contributed by atoms with Gasteiger partial charge in [0.1, 0.15) is 0 Å². The minimum Gasteiger partial charge on any atom is -0.195 e. The first-order valence-electron chi connectivity index (χ1n) is 4.64. The SMILES string of the molecule is FC(F)(F)C(F)(F)C(F)(F)C=Cc1ccccc1. The molecule has 7 heteroatoms. The van der Waals surface area contributed by atoms with Crippen LogP contribution in [-0.4, -0.2) is 18.0 Å². The maximum absolute atomic E-state index is 12.8. The van der Waals surface area contributed by atoms with Crippen molar-refractivity contribution in [3.05, 3.63) is 42.0 Å². The van der Waals surface area contributed by atoms with Gasteiger partial charge in [-0.1, -0.05) is 36.4 Å². The van der Waals surface area contributed by atoms with E-state index in [4.69, 9.17) is 0 Å². The van der Waals surface area contributed by atoms with Gasteiger partial charge < -0.3 is 0 Å². The minimum absolute atomic E-state index is 0.0927. The molecule has 0 amide bonds. The van der Waals surface area contributed by atoms with Crippen molar-refractivity contribution in [2.45, 2.75) is 18.0 Å². The van der Waals surface area contributed by atoms with Gasteiger partial charge in [-0.2, -0.15) is 30.7 Å². The summed E-state index contributed by atoms with van der Waals surface area (Å²) in [5, 5.41) is 0. The number of hydrogen-bond acceptors (Lipinski definition) is 0. The van der Waals surface area contributed by atoms with Crippen LogP contribution in [-0.2, 0) is 0 Å². The first kappa shape index (κ1) is 14.5. The Hall–Kier alpha value is -1.53. The van der Waals surface area contributed by atoms with Gasteiger partial charge >= 0.3 is 18.0 Å². The molecule has 0 N–H and O–H groups in total. The Balaban J connectivity index is 2.98. The van der Waals surface area contributed by atoms with E-state index in [1.165, 1.54) is 24.3 Å². The fourth-order valence-electron chi connectivity index (χ4n) is 1.06. The molecule has 1 rings (SSSR count). The van der Waals surface area contributed by atoms with Gasteiger partial charge in [0.15, 0.2) is 0 Å². The summed E-state index contributed by atoms with van der Waals surface area (Å²) in [7, 11) is 0. The highest BCUT2D eigenvalue weighted by Crippen LogP contribution is 2.47. The van der Waals surface area contributed by atoms with E-state index < -0.39 is 24.1 Å². The van der Waals surface area contributed by atoms with Crippen molar-refractivity contribution in [1.82, 2.24) is 0 Å². The smallest absolute Gasteiger partial charge is 0.195 e. The van der Waals surface area contributed by atoms with Crippen molar-refractivity contribution in [3.8, 4) is 0 Å². The van der Waals surface area contributed by atoms with Crippen LogP contribution >= 0.6 is 0 Å². The summed E-state index contributed by atoms with van der Waals surface area (Å²) >= 11 is 0. The molecule has 0 nitrogen and oxygen atoms in total. The number of allylic oxidation sites excluding steroid dienone is 1. The van der Waals surface area contributed by atoms with Crippen LogP contribution in [0.15, 0.2) is 36.4 Å². The molecule has 0 fully saturated rings. The van der Waals surface area contributed by atoms with Crippen molar-refractivity contribution in [2.75, 3.05) is 0 Å². The van der Waals surface area contributed by atoms with Gasteiger partial charge in [0.05, 0.1) is 0 Å². The molecule has 0 bridgehead atoms. The molecule has 0 aromatic heterocycles. The lowest BCUT2D eigenvalue weighted by Crippen LogP contribution is -2.50. The molecule has 18 heavy (non-hydrogen) atoms. The largest absolute Gasteiger partial charge is 0.460 e. The highest BCUT2D eigenvalue weighted by molar-refractivity contribution is 5.50. The number of hydrogen-bond donors (Lipinski definition) is 0. The normalized spacial score (nSPS) is 14.2. The van der Waals surface area contributed by atoms with E-state index in [2.05, 4.69) is 0 Å². The Labute approximate surface area is 97.7 Å². The van der Waals surface area contributed by atoms with Crippen LogP contribution in [0.25, 0.3) is 6.08 Å². The second kappa shape index (κ2) is 4.62. The van der Waals surface area contributed by atoms with Gasteiger partial charge in [-0.15, -0.1) is 0 Å². The summed E-state index contributed by atoms with van der Waals surface area (Å²) < 4.78 is 86.0. The van der Waals surface area contributed by atoms with Crippen molar-refractivity contribution >= 4 is 6.08 Å². The Kier molecular flexibility index (Phi) is 3.73. The van der Waals surface area contributed by atoms with Crippen molar-refractivity contribution < 1.29 is 30.7 Å². The van der Waals surface area contributed by atoms with Crippen LogP contribution in [0.1, 0.15) is 5.56 Å². The Morgan fingerprint density at radius 3 is 1.72 bits per heavy atom. The number of halogens is 7. The molecule has 1 aromatic carbocycles. The minimum atomic E-state index is -6.31. The maximum atomic E-state index is 12.8. The van der Waals surface area contributed by atoms with Crippen LogP contribution in [0.3, 0.4) is 0 Å². The van der Waals surface area contributed by atoms with E-state index in [1.54, 1.807) is 6.07 Å². The zero-order valence-corrected chi connectivity index (χ0v) is 8.69. The van der Waals surface area contributed by atoms with E-state index in [0.717, 1.165) is 0 Å². The van der Waals surface area contributed by atoms with Crippen LogP contribution in [0, 0.1) is 0 Å². The lowest BCUT2D eigenvalue weighted by molar-refractivity contribution is -0.341. The second-order valence-corrected chi connectivity index (χ2v) is 3.44. The molecular weight excluding hydrogens is 265 g/mol. The highest BCUT2D eigenvalue weighted by Gasteiger charge is 2.71. The zero-order valence-electron chi connectivity index (χ0n) is 8.69. The molecule has 0 saturated heterocycles. The zero-order chi connectivity index (χ0) is 14.0. The Morgan fingerprint density at radius 2 is 1.28 bits per heavy atom. The summed E-state index contributed by atoms with van der Waals surface area (Å²) in [5.74, 6) is -11.4. The highest BCUT2D eigenvalue weighted by atomic mass is 19.4. The van der Waals surface area contributed by atoms with Gasteiger partial charge in [-0.05, 0) is 11.6 Å². The van der Waals surface area contributed by atoms with Crippen LogP contribution < -0.4 is 0 Å². The Bertz CT molecular complexity index is 417. The van der Waals surface area contributed by atoms with Gasteiger partial charge in [-0.3, -0.25) is 0 Å². The standard InChI is InChI=1S/C11H7F7/c12-9(13,10(14,15)11(16,17)18)7-6-8-4-2-1-3-5-8/h1-7H. The topological polar surface area (TPSA) is 0 Å². The fourth-order valence-corrected chi connectivity index (χ4v) is 1.06. The van der Waals surface area contributed by atoms with Gasteiger partial charge in [-0.25, -0.2) is 0 Å². The lowest BCUT2D eigenvalue weighted by Gasteiger charge is -2.25. The third-order valence-corrected chi connectivity index (χ3v) is 2.06. The summed E-state index contributed by atoms with van der Waals surface area (Å²) in [6.45, 7) is 0. The van der Waals surface area contributed by atoms with Crippen LogP contribution in [0.5, 0.6) is 0 Å². The molecule has 0 aliphatic heterocycles. The summed E-state index contributed by atoms with van der Waals surface area (Å²) in [6.07, 6.45) is -6.24. The molecule has 0 aliphatic rings. The molecule has 1 aromatic rings. The third kappa shape index (κ3) is 2.83. The number of benzene rings is 1. The predicted octanol–water partition coefficient (Wildman–Crippen LogP) is 4.53. The van der Waals surface area contributed by atoms with Gasteiger partial charge in [0.2, 0.25) is 0 Å². The molecular formula is C11H7F7. The van der Waals surface area contributed by atoms with Crippen molar-refractivity contribution in [1.29, 1.82) is 0 Å². The van der Waals surface area contributed by atoms with Crippen molar-refractivity contribution in [3.63, 3.8) is 0 Å². The Morgan fingerprint density at radius 1 is 0.778 bits per heavy atom. The molecule has 0 radical (unpaired) electrons. The van der Waals surface area contributed by atoms with E-state index >= 15 is 0 Å².